The molecule has 2 heterocycles. The highest BCUT2D eigenvalue weighted by Gasteiger charge is 2.31. The van der Waals surface area contributed by atoms with Crippen molar-refractivity contribution < 1.29 is 19.4 Å². The van der Waals surface area contributed by atoms with Crippen LogP contribution in [0.2, 0.25) is 0 Å². The number of phenolic OH excluding ortho intramolecular Hbond substituents is 1. The van der Waals surface area contributed by atoms with Crippen LogP contribution in [0.15, 0.2) is 27.4 Å². The zero-order chi connectivity index (χ0) is 12.0. The fourth-order valence-corrected chi connectivity index (χ4v) is 1.98. The van der Waals surface area contributed by atoms with E-state index in [0.717, 1.165) is 5.56 Å². The predicted molar refractivity (Wildman–Crippen MR) is 56.4 cm³/mol. The summed E-state index contributed by atoms with van der Waals surface area (Å²) in [6.45, 7) is 0.257. The molecule has 3 rings (SSSR count). The van der Waals surface area contributed by atoms with Crippen molar-refractivity contribution in [3.63, 3.8) is 0 Å². The number of nitrogens with one attached hydrogen (secondary N) is 1. The summed E-state index contributed by atoms with van der Waals surface area (Å²) < 4.78 is 10.2. The van der Waals surface area contributed by atoms with Crippen LogP contribution in [0, 0.1) is 0 Å². The van der Waals surface area contributed by atoms with Gasteiger partial charge in [0.15, 0.2) is 5.76 Å². The third kappa shape index (κ3) is 1.45. The lowest BCUT2D eigenvalue weighted by molar-refractivity contribution is 0.318. The highest BCUT2D eigenvalue weighted by molar-refractivity contribution is 5.48. The van der Waals surface area contributed by atoms with Gasteiger partial charge in [0, 0.05) is 11.6 Å². The second-order valence-electron chi connectivity index (χ2n) is 3.81. The van der Waals surface area contributed by atoms with E-state index >= 15 is 0 Å². The van der Waals surface area contributed by atoms with Crippen LogP contribution in [0.5, 0.6) is 17.4 Å². The van der Waals surface area contributed by atoms with E-state index in [1.807, 2.05) is 0 Å². The Morgan fingerprint density at radius 2 is 2.18 bits per heavy atom. The number of fused-ring (bicyclic) bond motifs is 1. The molecule has 6 nitrogen and oxygen atoms in total. The normalized spacial score (nSPS) is 17.8. The van der Waals surface area contributed by atoms with Crippen LogP contribution in [0.1, 0.15) is 17.2 Å². The fraction of sp³-hybridized carbons (Fsp3) is 0.182. The van der Waals surface area contributed by atoms with Gasteiger partial charge in [0.25, 0.3) is 0 Å². The van der Waals surface area contributed by atoms with Crippen molar-refractivity contribution in [3.05, 3.63) is 40.1 Å². The van der Waals surface area contributed by atoms with Gasteiger partial charge < -0.3 is 19.4 Å². The molecule has 17 heavy (non-hydrogen) atoms. The Labute approximate surface area is 95.1 Å². The summed E-state index contributed by atoms with van der Waals surface area (Å²) in [5.74, 6) is -0.555. The molecule has 0 unspecified atom stereocenters. The Balaban J connectivity index is 2.09. The van der Waals surface area contributed by atoms with Gasteiger partial charge in [-0.05, 0) is 6.07 Å². The molecule has 1 aromatic carbocycles. The molecule has 0 bridgehead atoms. The van der Waals surface area contributed by atoms with Gasteiger partial charge in [-0.25, -0.2) is 4.79 Å². The maximum Gasteiger partial charge on any atom is 0.419 e. The summed E-state index contributed by atoms with van der Waals surface area (Å²) in [5, 5.41) is 18.8. The average molecular weight is 235 g/mol. The molecule has 0 saturated carbocycles. The molecule has 1 atom stereocenters. The Morgan fingerprint density at radius 1 is 1.35 bits per heavy atom. The number of aromatic amines is 1. The van der Waals surface area contributed by atoms with E-state index in [1.54, 1.807) is 6.07 Å². The van der Waals surface area contributed by atoms with Gasteiger partial charge in [0.2, 0.25) is 5.88 Å². The number of benzene rings is 1. The average Bonchev–Trinajstić information content (AvgIpc) is 2.81. The van der Waals surface area contributed by atoms with Crippen LogP contribution in [-0.2, 0) is 0 Å². The predicted octanol–water partition coefficient (Wildman–Crippen LogP) is 0.903. The summed E-state index contributed by atoms with van der Waals surface area (Å²) in [6, 6.07) is 4.67. The van der Waals surface area contributed by atoms with Gasteiger partial charge in [-0.15, -0.1) is 0 Å². The van der Waals surface area contributed by atoms with Crippen LogP contribution >= 0.6 is 0 Å². The molecule has 0 fully saturated rings. The first kappa shape index (κ1) is 9.83. The first-order valence-electron chi connectivity index (χ1n) is 5.03. The van der Waals surface area contributed by atoms with Crippen molar-refractivity contribution in [1.82, 2.24) is 4.98 Å². The SMILES string of the molecule is O=c1[nH]c(O)c([C@@H]2COc3cc(O)ccc32)o1. The number of H-pyrrole nitrogens is 1. The maximum atomic E-state index is 11.0. The lowest BCUT2D eigenvalue weighted by Crippen LogP contribution is -2.02. The third-order valence-electron chi connectivity index (χ3n) is 2.75. The van der Waals surface area contributed by atoms with Crippen molar-refractivity contribution >= 4 is 0 Å². The van der Waals surface area contributed by atoms with Crippen molar-refractivity contribution in [1.29, 1.82) is 0 Å². The number of rotatable bonds is 1. The first-order valence-corrected chi connectivity index (χ1v) is 5.03. The topological polar surface area (TPSA) is 95.7 Å². The lowest BCUT2D eigenvalue weighted by Gasteiger charge is -2.04. The van der Waals surface area contributed by atoms with Crippen molar-refractivity contribution in [2.24, 2.45) is 0 Å². The van der Waals surface area contributed by atoms with E-state index < -0.39 is 5.76 Å². The number of oxazole rings is 1. The molecular weight excluding hydrogens is 226 g/mol. The molecule has 2 aromatic rings. The van der Waals surface area contributed by atoms with Gasteiger partial charge in [-0.1, -0.05) is 6.07 Å². The number of phenols is 1. The lowest BCUT2D eigenvalue weighted by atomic mass is 9.99. The largest absolute Gasteiger partial charge is 0.508 e. The number of aromatic nitrogens is 1. The van der Waals surface area contributed by atoms with E-state index in [2.05, 4.69) is 4.98 Å². The van der Waals surface area contributed by atoms with Gasteiger partial charge in [-0.2, -0.15) is 0 Å². The zero-order valence-electron chi connectivity index (χ0n) is 8.64. The number of ether oxygens (including phenoxy) is 1. The second kappa shape index (κ2) is 3.31. The molecule has 0 aliphatic carbocycles. The Kier molecular flexibility index (Phi) is 1.91. The smallest absolute Gasteiger partial charge is 0.419 e. The summed E-state index contributed by atoms with van der Waals surface area (Å²) >= 11 is 0. The summed E-state index contributed by atoms with van der Waals surface area (Å²) in [7, 11) is 0. The highest BCUT2D eigenvalue weighted by atomic mass is 16.5. The zero-order valence-corrected chi connectivity index (χ0v) is 8.64. The minimum absolute atomic E-state index is 0.101. The minimum atomic E-state index is -0.704. The summed E-state index contributed by atoms with van der Waals surface area (Å²) in [5.41, 5.74) is 0.765. The molecule has 0 amide bonds. The molecule has 1 aromatic heterocycles. The van der Waals surface area contributed by atoms with Gasteiger partial charge in [0.05, 0.1) is 5.92 Å². The molecule has 0 spiro atoms. The molecular formula is C11H9NO5. The van der Waals surface area contributed by atoms with Gasteiger partial charge in [-0.3, -0.25) is 4.98 Å². The molecule has 88 valence electrons. The monoisotopic (exact) mass is 235 g/mol. The van der Waals surface area contributed by atoms with E-state index in [4.69, 9.17) is 9.15 Å². The quantitative estimate of drug-likeness (QED) is 0.682. The molecule has 0 saturated heterocycles. The van der Waals surface area contributed by atoms with E-state index in [1.165, 1.54) is 12.1 Å². The van der Waals surface area contributed by atoms with E-state index in [-0.39, 0.29) is 29.9 Å². The van der Waals surface area contributed by atoms with Gasteiger partial charge in [0.1, 0.15) is 18.1 Å². The van der Waals surface area contributed by atoms with E-state index in [9.17, 15) is 15.0 Å². The second-order valence-corrected chi connectivity index (χ2v) is 3.81. The number of aromatic hydroxyl groups is 2. The molecule has 6 heteroatoms. The number of hydrogen-bond donors (Lipinski definition) is 3. The first-order chi connectivity index (χ1) is 8.15. The molecule has 3 N–H and O–H groups in total. The third-order valence-corrected chi connectivity index (χ3v) is 2.75. The van der Waals surface area contributed by atoms with Crippen LogP contribution in [0.25, 0.3) is 0 Å². The van der Waals surface area contributed by atoms with Crippen molar-refractivity contribution in [2.75, 3.05) is 6.61 Å². The van der Waals surface area contributed by atoms with Crippen LogP contribution in [0.4, 0.5) is 0 Å². The van der Waals surface area contributed by atoms with Crippen molar-refractivity contribution in [2.45, 2.75) is 5.92 Å². The van der Waals surface area contributed by atoms with Crippen molar-refractivity contribution in [3.8, 4) is 17.4 Å². The Hall–Kier alpha value is -2.37. The standard InChI is InChI=1S/C11H9NO5/c13-5-1-2-6-7(4-16-8(6)3-5)9-10(14)12-11(15)17-9/h1-3,7,13-14H,4H2,(H,12,15)/t7-/m1/s1. The fourth-order valence-electron chi connectivity index (χ4n) is 1.98. The minimum Gasteiger partial charge on any atom is -0.508 e. The maximum absolute atomic E-state index is 11.0. The molecule has 1 aliphatic rings. The van der Waals surface area contributed by atoms with Crippen LogP contribution < -0.4 is 10.5 Å². The Bertz CT molecular complexity index is 627. The summed E-state index contributed by atoms with van der Waals surface area (Å²) in [4.78, 5) is 13.1. The van der Waals surface area contributed by atoms with Crippen LogP contribution in [-0.4, -0.2) is 21.8 Å². The number of hydrogen-bond acceptors (Lipinski definition) is 5. The van der Waals surface area contributed by atoms with E-state index in [0.29, 0.717) is 5.75 Å². The Morgan fingerprint density at radius 3 is 2.88 bits per heavy atom. The van der Waals surface area contributed by atoms with Gasteiger partial charge >= 0.3 is 5.76 Å². The van der Waals surface area contributed by atoms with Crippen LogP contribution in [0.3, 0.4) is 0 Å². The molecule has 0 radical (unpaired) electrons. The summed E-state index contributed by atoms with van der Waals surface area (Å²) in [6.07, 6.45) is 0. The highest BCUT2D eigenvalue weighted by Crippen LogP contribution is 2.41. The molecule has 1 aliphatic heterocycles.